The van der Waals surface area contributed by atoms with Crippen LogP contribution in [0.4, 0.5) is 0 Å². The number of nitrogens with zero attached hydrogens (tertiary/aromatic N) is 1. The predicted molar refractivity (Wildman–Crippen MR) is 111 cm³/mol. The Morgan fingerprint density at radius 3 is 2.26 bits per heavy atom. The lowest BCUT2D eigenvalue weighted by molar-refractivity contribution is 0.174. The van der Waals surface area contributed by atoms with Gasteiger partial charge in [-0.25, -0.2) is 0 Å². The second kappa shape index (κ2) is 8.21. The van der Waals surface area contributed by atoms with Crippen LogP contribution in [0.15, 0.2) is 91.1 Å². The zero-order valence-electron chi connectivity index (χ0n) is 15.3. The molecule has 0 saturated carbocycles. The SMILES string of the molecule is O[C@H](CNCc1cn(Cc2ccccc2)c2ccccc12)c1ccccc1. The molecule has 0 aliphatic carbocycles. The molecule has 1 heterocycles. The number of benzene rings is 3. The standard InChI is InChI=1S/C24H24N2O/c27-24(20-11-5-2-6-12-20)16-25-15-21-18-26(17-19-9-3-1-4-10-19)23-14-8-7-13-22(21)23/h1-14,18,24-25,27H,15-17H2/t24-/m1/s1. The van der Waals surface area contributed by atoms with E-state index in [2.05, 4.69) is 64.6 Å². The fraction of sp³-hybridized carbons (Fsp3) is 0.167. The van der Waals surface area contributed by atoms with Gasteiger partial charge in [0.15, 0.2) is 0 Å². The monoisotopic (exact) mass is 356 g/mol. The van der Waals surface area contributed by atoms with Crippen molar-refractivity contribution in [2.75, 3.05) is 6.54 Å². The fourth-order valence-corrected chi connectivity index (χ4v) is 3.51. The van der Waals surface area contributed by atoms with Gasteiger partial charge in [0, 0.05) is 36.7 Å². The van der Waals surface area contributed by atoms with Crippen molar-refractivity contribution in [2.45, 2.75) is 19.2 Å². The molecular formula is C24H24N2O. The molecule has 4 aromatic rings. The summed E-state index contributed by atoms with van der Waals surface area (Å²) in [5.41, 5.74) is 4.72. The average Bonchev–Trinajstić information content (AvgIpc) is 3.07. The third kappa shape index (κ3) is 4.11. The number of hydrogen-bond donors (Lipinski definition) is 2. The molecule has 136 valence electrons. The number of hydrogen-bond acceptors (Lipinski definition) is 2. The molecule has 1 atom stereocenters. The fourth-order valence-electron chi connectivity index (χ4n) is 3.51. The number of aromatic nitrogens is 1. The van der Waals surface area contributed by atoms with Crippen LogP contribution in [0.1, 0.15) is 22.8 Å². The quantitative estimate of drug-likeness (QED) is 0.511. The van der Waals surface area contributed by atoms with Crippen LogP contribution in [-0.2, 0) is 13.1 Å². The second-order valence-corrected chi connectivity index (χ2v) is 6.84. The zero-order valence-corrected chi connectivity index (χ0v) is 15.3. The second-order valence-electron chi connectivity index (χ2n) is 6.84. The van der Waals surface area contributed by atoms with Crippen LogP contribution in [-0.4, -0.2) is 16.2 Å². The van der Waals surface area contributed by atoms with Crippen molar-refractivity contribution in [3.05, 3.63) is 108 Å². The van der Waals surface area contributed by atoms with E-state index in [1.165, 1.54) is 22.0 Å². The molecular weight excluding hydrogens is 332 g/mol. The van der Waals surface area contributed by atoms with Crippen LogP contribution < -0.4 is 5.32 Å². The van der Waals surface area contributed by atoms with Crippen molar-refractivity contribution in [3.8, 4) is 0 Å². The van der Waals surface area contributed by atoms with E-state index in [1.54, 1.807) is 0 Å². The molecule has 4 rings (SSSR count). The smallest absolute Gasteiger partial charge is 0.0914 e. The molecule has 3 aromatic carbocycles. The third-order valence-corrected chi connectivity index (χ3v) is 4.90. The summed E-state index contributed by atoms with van der Waals surface area (Å²) in [6.07, 6.45) is 1.73. The number of fused-ring (bicyclic) bond motifs is 1. The van der Waals surface area contributed by atoms with Gasteiger partial charge in [-0.2, -0.15) is 0 Å². The number of aliphatic hydroxyl groups excluding tert-OH is 1. The van der Waals surface area contributed by atoms with Crippen LogP contribution in [0.5, 0.6) is 0 Å². The molecule has 0 radical (unpaired) electrons. The number of nitrogens with one attached hydrogen (secondary N) is 1. The van der Waals surface area contributed by atoms with Gasteiger partial charge < -0.3 is 15.0 Å². The van der Waals surface area contributed by atoms with E-state index in [4.69, 9.17) is 0 Å². The molecule has 0 amide bonds. The van der Waals surface area contributed by atoms with Crippen LogP contribution in [0.2, 0.25) is 0 Å². The van der Waals surface area contributed by atoms with Gasteiger partial charge in [0.1, 0.15) is 0 Å². The Hall–Kier alpha value is -2.88. The normalized spacial score (nSPS) is 12.3. The van der Waals surface area contributed by atoms with Gasteiger partial charge in [-0.1, -0.05) is 78.9 Å². The molecule has 0 unspecified atom stereocenters. The molecule has 1 aromatic heterocycles. The lowest BCUT2D eigenvalue weighted by Crippen LogP contribution is -2.20. The van der Waals surface area contributed by atoms with Gasteiger partial charge in [0.2, 0.25) is 0 Å². The van der Waals surface area contributed by atoms with Crippen LogP contribution in [0.25, 0.3) is 10.9 Å². The number of aliphatic hydroxyl groups is 1. The van der Waals surface area contributed by atoms with E-state index in [1.807, 2.05) is 36.4 Å². The van der Waals surface area contributed by atoms with Crippen molar-refractivity contribution in [1.82, 2.24) is 9.88 Å². The topological polar surface area (TPSA) is 37.2 Å². The molecule has 3 nitrogen and oxygen atoms in total. The molecule has 0 bridgehead atoms. The highest BCUT2D eigenvalue weighted by atomic mass is 16.3. The molecule has 0 spiro atoms. The summed E-state index contributed by atoms with van der Waals surface area (Å²) < 4.78 is 2.30. The first-order valence-corrected chi connectivity index (χ1v) is 9.35. The van der Waals surface area contributed by atoms with Gasteiger partial charge in [0.05, 0.1) is 6.10 Å². The summed E-state index contributed by atoms with van der Waals surface area (Å²) in [6.45, 7) is 2.11. The van der Waals surface area contributed by atoms with Crippen molar-refractivity contribution in [1.29, 1.82) is 0 Å². The summed E-state index contributed by atoms with van der Waals surface area (Å²) >= 11 is 0. The highest BCUT2D eigenvalue weighted by Crippen LogP contribution is 2.22. The highest BCUT2D eigenvalue weighted by molar-refractivity contribution is 5.84. The maximum absolute atomic E-state index is 10.3. The number of rotatable bonds is 7. The molecule has 2 N–H and O–H groups in total. The Bertz CT molecular complexity index is 993. The first-order valence-electron chi connectivity index (χ1n) is 9.35. The maximum atomic E-state index is 10.3. The minimum atomic E-state index is -0.496. The molecule has 0 fully saturated rings. The van der Waals surface area contributed by atoms with Gasteiger partial charge in [-0.3, -0.25) is 0 Å². The summed E-state index contributed by atoms with van der Waals surface area (Å²) in [7, 11) is 0. The average molecular weight is 356 g/mol. The van der Waals surface area contributed by atoms with E-state index in [-0.39, 0.29) is 0 Å². The number of para-hydroxylation sites is 1. The Labute approximate surface area is 159 Å². The predicted octanol–water partition coefficient (Wildman–Crippen LogP) is 4.51. The van der Waals surface area contributed by atoms with Crippen molar-refractivity contribution < 1.29 is 5.11 Å². The van der Waals surface area contributed by atoms with E-state index < -0.39 is 6.10 Å². The summed E-state index contributed by atoms with van der Waals surface area (Å²) in [5, 5.41) is 15.0. The van der Waals surface area contributed by atoms with Gasteiger partial charge in [-0.05, 0) is 22.8 Å². The summed E-state index contributed by atoms with van der Waals surface area (Å²) in [4.78, 5) is 0. The summed E-state index contributed by atoms with van der Waals surface area (Å²) in [6, 6.07) is 28.8. The lowest BCUT2D eigenvalue weighted by Gasteiger charge is -2.11. The van der Waals surface area contributed by atoms with E-state index >= 15 is 0 Å². The highest BCUT2D eigenvalue weighted by Gasteiger charge is 2.10. The van der Waals surface area contributed by atoms with E-state index in [9.17, 15) is 5.11 Å². The zero-order chi connectivity index (χ0) is 18.5. The third-order valence-electron chi connectivity index (χ3n) is 4.90. The molecule has 0 aliphatic rings. The van der Waals surface area contributed by atoms with Crippen LogP contribution >= 0.6 is 0 Å². The van der Waals surface area contributed by atoms with Gasteiger partial charge >= 0.3 is 0 Å². The maximum Gasteiger partial charge on any atom is 0.0914 e. The van der Waals surface area contributed by atoms with Crippen LogP contribution in [0, 0.1) is 0 Å². The Morgan fingerprint density at radius 1 is 0.815 bits per heavy atom. The molecule has 0 saturated heterocycles. The summed E-state index contributed by atoms with van der Waals surface area (Å²) in [5.74, 6) is 0. The van der Waals surface area contributed by atoms with E-state index in [0.29, 0.717) is 6.54 Å². The van der Waals surface area contributed by atoms with Crippen molar-refractivity contribution >= 4 is 10.9 Å². The van der Waals surface area contributed by atoms with Crippen LogP contribution in [0.3, 0.4) is 0 Å². The Kier molecular flexibility index (Phi) is 5.33. The first-order chi connectivity index (χ1) is 13.3. The molecule has 27 heavy (non-hydrogen) atoms. The van der Waals surface area contributed by atoms with Crippen molar-refractivity contribution in [2.24, 2.45) is 0 Å². The first kappa shape index (κ1) is 17.5. The molecule has 3 heteroatoms. The minimum absolute atomic E-state index is 0.496. The minimum Gasteiger partial charge on any atom is -0.387 e. The molecule has 0 aliphatic heterocycles. The van der Waals surface area contributed by atoms with E-state index in [0.717, 1.165) is 18.7 Å². The van der Waals surface area contributed by atoms with Crippen molar-refractivity contribution in [3.63, 3.8) is 0 Å². The lowest BCUT2D eigenvalue weighted by atomic mass is 10.1. The Morgan fingerprint density at radius 2 is 1.48 bits per heavy atom. The largest absolute Gasteiger partial charge is 0.387 e. The Balaban J connectivity index is 1.49. The van der Waals surface area contributed by atoms with Gasteiger partial charge in [0.25, 0.3) is 0 Å². The van der Waals surface area contributed by atoms with Gasteiger partial charge in [-0.15, -0.1) is 0 Å².